The van der Waals surface area contributed by atoms with E-state index in [-0.39, 0.29) is 5.91 Å². The zero-order valence-corrected chi connectivity index (χ0v) is 17.1. The molecule has 0 saturated carbocycles. The van der Waals surface area contributed by atoms with Gasteiger partial charge >= 0.3 is 0 Å². The van der Waals surface area contributed by atoms with E-state index in [1.54, 1.807) is 24.5 Å². The summed E-state index contributed by atoms with van der Waals surface area (Å²) in [5.74, 6) is 2.43. The van der Waals surface area contributed by atoms with Gasteiger partial charge in [-0.25, -0.2) is 15.0 Å². The van der Waals surface area contributed by atoms with Crippen LogP contribution in [0.2, 0.25) is 0 Å². The fraction of sp³-hybridized carbons (Fsp3) is 0.0870. The third kappa shape index (κ3) is 5.39. The fourth-order valence-electron chi connectivity index (χ4n) is 2.92. The lowest BCUT2D eigenvalue weighted by Crippen LogP contribution is -2.11. The summed E-state index contributed by atoms with van der Waals surface area (Å²) in [6.07, 6.45) is 4.91. The Morgan fingerprint density at radius 1 is 0.806 bits per heavy atom. The predicted molar refractivity (Wildman–Crippen MR) is 121 cm³/mol. The van der Waals surface area contributed by atoms with E-state index in [2.05, 4.69) is 35.9 Å². The first-order chi connectivity index (χ1) is 15.0. The molecule has 3 heterocycles. The van der Waals surface area contributed by atoms with Crippen molar-refractivity contribution in [3.63, 3.8) is 0 Å². The van der Waals surface area contributed by atoms with Crippen LogP contribution in [-0.4, -0.2) is 25.8 Å². The Bertz CT molecular complexity index is 1190. The van der Waals surface area contributed by atoms with Gasteiger partial charge in [-0.05, 0) is 67.9 Å². The van der Waals surface area contributed by atoms with E-state index in [1.165, 1.54) is 6.20 Å². The monoisotopic (exact) mass is 411 g/mol. The molecule has 0 unspecified atom stereocenters. The molecule has 0 spiro atoms. The quantitative estimate of drug-likeness (QED) is 0.425. The van der Waals surface area contributed by atoms with Gasteiger partial charge in [0.1, 0.15) is 23.3 Å². The number of nitrogens with one attached hydrogen (secondary N) is 3. The SMILES string of the molecule is Cc1ccnc(Nc2cc(Nc3ccc(NC(=O)c4cccnc4)cc3)nc(C)n2)c1. The smallest absolute Gasteiger partial charge is 0.257 e. The number of pyridine rings is 2. The molecule has 0 atom stereocenters. The van der Waals surface area contributed by atoms with Crippen molar-refractivity contribution >= 4 is 34.7 Å². The molecular formula is C23H21N7O. The summed E-state index contributed by atoms with van der Waals surface area (Å²) < 4.78 is 0. The Morgan fingerprint density at radius 2 is 1.55 bits per heavy atom. The van der Waals surface area contributed by atoms with Gasteiger partial charge in [0.15, 0.2) is 0 Å². The maximum Gasteiger partial charge on any atom is 0.257 e. The van der Waals surface area contributed by atoms with Crippen LogP contribution in [0, 0.1) is 13.8 Å². The summed E-state index contributed by atoms with van der Waals surface area (Å²) in [4.78, 5) is 29.4. The van der Waals surface area contributed by atoms with E-state index in [0.717, 1.165) is 17.1 Å². The molecule has 154 valence electrons. The Kier molecular flexibility index (Phi) is 5.79. The molecule has 0 aliphatic rings. The largest absolute Gasteiger partial charge is 0.340 e. The number of aromatic nitrogens is 4. The lowest BCUT2D eigenvalue weighted by Gasteiger charge is -2.11. The number of amides is 1. The maximum absolute atomic E-state index is 12.2. The number of carbonyl (C=O) groups is 1. The Balaban J connectivity index is 1.44. The van der Waals surface area contributed by atoms with Crippen LogP contribution in [0.5, 0.6) is 0 Å². The van der Waals surface area contributed by atoms with E-state index in [4.69, 9.17) is 0 Å². The fourth-order valence-corrected chi connectivity index (χ4v) is 2.92. The van der Waals surface area contributed by atoms with Crippen LogP contribution in [0.15, 0.2) is 73.2 Å². The molecule has 1 aromatic carbocycles. The van der Waals surface area contributed by atoms with E-state index < -0.39 is 0 Å². The standard InChI is InChI=1S/C23H21N7O/c1-15-9-11-25-20(12-15)30-22-13-21(26-16(2)27-22)28-18-5-7-19(8-6-18)29-23(31)17-4-3-10-24-14-17/h3-14H,1-2H3,(H,29,31)(H2,25,26,27,28,30). The first-order valence-corrected chi connectivity index (χ1v) is 9.69. The van der Waals surface area contributed by atoms with Gasteiger partial charge < -0.3 is 16.0 Å². The molecule has 8 heteroatoms. The van der Waals surface area contributed by atoms with Crippen LogP contribution in [0.4, 0.5) is 28.8 Å². The van der Waals surface area contributed by atoms with Crippen molar-refractivity contribution in [2.45, 2.75) is 13.8 Å². The van der Waals surface area contributed by atoms with Crippen molar-refractivity contribution in [2.24, 2.45) is 0 Å². The van der Waals surface area contributed by atoms with Crippen molar-refractivity contribution in [3.05, 3.63) is 90.1 Å². The molecule has 0 radical (unpaired) electrons. The molecular weight excluding hydrogens is 390 g/mol. The molecule has 3 N–H and O–H groups in total. The lowest BCUT2D eigenvalue weighted by molar-refractivity contribution is 0.102. The van der Waals surface area contributed by atoms with Gasteiger partial charge in [-0.15, -0.1) is 0 Å². The van der Waals surface area contributed by atoms with Crippen molar-refractivity contribution in [1.29, 1.82) is 0 Å². The average molecular weight is 411 g/mol. The number of rotatable bonds is 6. The summed E-state index contributed by atoms with van der Waals surface area (Å²) in [6.45, 7) is 3.84. The highest BCUT2D eigenvalue weighted by atomic mass is 16.1. The van der Waals surface area contributed by atoms with Crippen LogP contribution in [0.25, 0.3) is 0 Å². The third-order valence-corrected chi connectivity index (χ3v) is 4.35. The summed E-state index contributed by atoms with van der Waals surface area (Å²) in [5, 5.41) is 9.31. The molecule has 4 rings (SSSR count). The van der Waals surface area contributed by atoms with Gasteiger partial charge in [0.2, 0.25) is 0 Å². The Labute approximate surface area is 179 Å². The van der Waals surface area contributed by atoms with Gasteiger partial charge in [0.05, 0.1) is 5.56 Å². The Morgan fingerprint density at radius 3 is 2.26 bits per heavy atom. The lowest BCUT2D eigenvalue weighted by atomic mass is 10.2. The normalized spacial score (nSPS) is 10.4. The molecule has 0 fully saturated rings. The van der Waals surface area contributed by atoms with Crippen molar-refractivity contribution in [2.75, 3.05) is 16.0 Å². The van der Waals surface area contributed by atoms with E-state index in [0.29, 0.717) is 28.7 Å². The van der Waals surface area contributed by atoms with Crippen LogP contribution in [0.1, 0.15) is 21.7 Å². The highest BCUT2D eigenvalue weighted by Gasteiger charge is 2.07. The van der Waals surface area contributed by atoms with Crippen molar-refractivity contribution in [3.8, 4) is 0 Å². The van der Waals surface area contributed by atoms with Gasteiger partial charge in [0, 0.05) is 36.0 Å². The number of hydrogen-bond donors (Lipinski definition) is 3. The second-order valence-electron chi connectivity index (χ2n) is 6.93. The number of anilines is 5. The third-order valence-electron chi connectivity index (χ3n) is 4.35. The van der Waals surface area contributed by atoms with Gasteiger partial charge in [-0.3, -0.25) is 9.78 Å². The summed E-state index contributed by atoms with van der Waals surface area (Å²) in [5.41, 5.74) is 3.13. The van der Waals surface area contributed by atoms with Gasteiger partial charge in [-0.2, -0.15) is 0 Å². The predicted octanol–water partition coefficient (Wildman–Crippen LogP) is 4.62. The minimum Gasteiger partial charge on any atom is -0.340 e. The number of aryl methyl sites for hydroxylation is 2. The second-order valence-corrected chi connectivity index (χ2v) is 6.93. The molecule has 4 aromatic rings. The van der Waals surface area contributed by atoms with E-state index in [9.17, 15) is 4.79 Å². The zero-order chi connectivity index (χ0) is 21.6. The maximum atomic E-state index is 12.2. The summed E-state index contributed by atoms with van der Waals surface area (Å²) >= 11 is 0. The zero-order valence-electron chi connectivity index (χ0n) is 17.1. The molecule has 0 aliphatic heterocycles. The molecule has 8 nitrogen and oxygen atoms in total. The minimum atomic E-state index is -0.208. The summed E-state index contributed by atoms with van der Waals surface area (Å²) in [7, 11) is 0. The summed E-state index contributed by atoms with van der Waals surface area (Å²) in [6, 6.07) is 16.5. The van der Waals surface area contributed by atoms with Crippen LogP contribution in [0.3, 0.4) is 0 Å². The molecule has 0 aliphatic carbocycles. The van der Waals surface area contributed by atoms with Crippen LogP contribution < -0.4 is 16.0 Å². The van der Waals surface area contributed by atoms with Gasteiger partial charge in [-0.1, -0.05) is 0 Å². The van der Waals surface area contributed by atoms with Crippen LogP contribution in [-0.2, 0) is 0 Å². The molecule has 1 amide bonds. The van der Waals surface area contributed by atoms with E-state index in [1.807, 2.05) is 56.3 Å². The van der Waals surface area contributed by atoms with E-state index >= 15 is 0 Å². The van der Waals surface area contributed by atoms with Crippen molar-refractivity contribution in [1.82, 2.24) is 19.9 Å². The number of nitrogens with zero attached hydrogens (tertiary/aromatic N) is 4. The topological polar surface area (TPSA) is 105 Å². The number of carbonyl (C=O) groups excluding carboxylic acids is 1. The van der Waals surface area contributed by atoms with Crippen molar-refractivity contribution < 1.29 is 4.79 Å². The minimum absolute atomic E-state index is 0.208. The molecule has 0 bridgehead atoms. The molecule has 31 heavy (non-hydrogen) atoms. The van der Waals surface area contributed by atoms with Gasteiger partial charge in [0.25, 0.3) is 5.91 Å². The number of hydrogen-bond acceptors (Lipinski definition) is 7. The molecule has 3 aromatic heterocycles. The highest BCUT2D eigenvalue weighted by molar-refractivity contribution is 6.04. The highest BCUT2D eigenvalue weighted by Crippen LogP contribution is 2.21. The first-order valence-electron chi connectivity index (χ1n) is 9.69. The Hall–Kier alpha value is -4.33. The molecule has 0 saturated heterocycles. The van der Waals surface area contributed by atoms with Crippen LogP contribution >= 0.6 is 0 Å². The number of benzene rings is 1. The average Bonchev–Trinajstić information content (AvgIpc) is 2.75. The second kappa shape index (κ2) is 9.00. The first kappa shape index (κ1) is 20.0.